The lowest BCUT2D eigenvalue weighted by molar-refractivity contribution is 0.194. The Morgan fingerprint density at radius 2 is 1.85 bits per heavy atom. The molecule has 2 aromatic rings. The van der Waals surface area contributed by atoms with E-state index in [9.17, 15) is 13.5 Å². The van der Waals surface area contributed by atoms with Crippen molar-refractivity contribution in [1.29, 1.82) is 0 Å². The number of sulfone groups is 1. The molecule has 0 radical (unpaired) electrons. The average Bonchev–Trinajstić information content (AvgIpc) is 2.38. The van der Waals surface area contributed by atoms with Crippen LogP contribution in [0.25, 0.3) is 0 Å². The topological polar surface area (TPSA) is 76.5 Å². The van der Waals surface area contributed by atoms with Gasteiger partial charge in [0.1, 0.15) is 5.75 Å². The fourth-order valence-electron chi connectivity index (χ4n) is 1.67. The van der Waals surface area contributed by atoms with Gasteiger partial charge in [-0.2, -0.15) is 0 Å². The van der Waals surface area contributed by atoms with Crippen LogP contribution >= 0.6 is 0 Å². The third kappa shape index (κ3) is 3.34. The fourth-order valence-corrected chi connectivity index (χ4v) is 2.30. The smallest absolute Gasteiger partial charge is 0.225 e. The lowest BCUT2D eigenvalue weighted by Crippen LogP contribution is -1.99. The first kappa shape index (κ1) is 14.5. The minimum absolute atomic E-state index is 0.224. The Bertz CT molecular complexity index is 693. The molecule has 0 amide bonds. The summed E-state index contributed by atoms with van der Waals surface area (Å²) >= 11 is 0. The van der Waals surface area contributed by atoms with Gasteiger partial charge in [-0.15, -0.1) is 0 Å². The number of ether oxygens (including phenoxy) is 1. The van der Waals surface area contributed by atoms with Gasteiger partial charge in [-0.05, 0) is 43.3 Å². The zero-order valence-electron chi connectivity index (χ0n) is 11.1. The van der Waals surface area contributed by atoms with Crippen molar-refractivity contribution in [3.63, 3.8) is 0 Å². The van der Waals surface area contributed by atoms with Gasteiger partial charge in [-0.25, -0.2) is 13.4 Å². The van der Waals surface area contributed by atoms with Crippen LogP contribution in [0.3, 0.4) is 0 Å². The maximum absolute atomic E-state index is 11.4. The molecular weight excluding hydrogens is 278 g/mol. The van der Waals surface area contributed by atoms with Gasteiger partial charge in [-0.1, -0.05) is 0 Å². The number of pyridine rings is 1. The number of nitrogens with zero attached hydrogens (tertiary/aromatic N) is 1. The number of aliphatic hydroxyl groups excluding tert-OH is 1. The molecule has 1 aromatic heterocycles. The van der Waals surface area contributed by atoms with E-state index >= 15 is 0 Å². The first-order chi connectivity index (χ1) is 9.38. The summed E-state index contributed by atoms with van der Waals surface area (Å²) in [6.45, 7) is 1.62. The van der Waals surface area contributed by atoms with Crippen molar-refractivity contribution in [3.05, 3.63) is 48.2 Å². The minimum Gasteiger partial charge on any atom is -0.439 e. The van der Waals surface area contributed by atoms with Crippen LogP contribution in [0.4, 0.5) is 0 Å². The van der Waals surface area contributed by atoms with E-state index in [1.165, 1.54) is 12.1 Å². The summed E-state index contributed by atoms with van der Waals surface area (Å²) in [6, 6.07) is 9.47. The number of aromatic nitrogens is 1. The van der Waals surface area contributed by atoms with E-state index < -0.39 is 15.9 Å². The molecule has 1 atom stereocenters. The molecule has 0 saturated carbocycles. The van der Waals surface area contributed by atoms with E-state index in [0.29, 0.717) is 17.2 Å². The van der Waals surface area contributed by atoms with Crippen molar-refractivity contribution in [1.82, 2.24) is 4.98 Å². The molecule has 0 spiro atoms. The summed E-state index contributed by atoms with van der Waals surface area (Å²) in [6.07, 6.45) is 2.01. The maximum Gasteiger partial charge on any atom is 0.225 e. The normalized spacial score (nSPS) is 12.9. The monoisotopic (exact) mass is 293 g/mol. The lowest BCUT2D eigenvalue weighted by Gasteiger charge is -2.11. The second-order valence-corrected chi connectivity index (χ2v) is 6.44. The Labute approximate surface area is 117 Å². The quantitative estimate of drug-likeness (QED) is 0.936. The lowest BCUT2D eigenvalue weighted by atomic mass is 10.2. The summed E-state index contributed by atoms with van der Waals surface area (Å²) in [5.74, 6) is 0.757. The van der Waals surface area contributed by atoms with E-state index in [4.69, 9.17) is 4.74 Å². The summed E-state index contributed by atoms with van der Waals surface area (Å²) in [4.78, 5) is 4.29. The largest absolute Gasteiger partial charge is 0.439 e. The number of benzene rings is 1. The van der Waals surface area contributed by atoms with Crippen molar-refractivity contribution in [2.45, 2.75) is 17.9 Å². The summed E-state index contributed by atoms with van der Waals surface area (Å²) in [7, 11) is -3.23. The van der Waals surface area contributed by atoms with Crippen LogP contribution in [0.15, 0.2) is 47.5 Å². The molecule has 0 aliphatic heterocycles. The SMILES string of the molecule is C[C@@H](O)c1cccnc1Oc1ccc(S(C)(=O)=O)cc1. The predicted molar refractivity (Wildman–Crippen MR) is 74.5 cm³/mol. The molecule has 20 heavy (non-hydrogen) atoms. The highest BCUT2D eigenvalue weighted by Crippen LogP contribution is 2.27. The van der Waals surface area contributed by atoms with Crippen LogP contribution in [0.1, 0.15) is 18.6 Å². The van der Waals surface area contributed by atoms with Crippen LogP contribution in [-0.4, -0.2) is 24.8 Å². The van der Waals surface area contributed by atoms with Crippen LogP contribution < -0.4 is 4.74 Å². The Balaban J connectivity index is 2.27. The summed E-state index contributed by atoms with van der Waals surface area (Å²) in [5, 5.41) is 9.63. The molecule has 1 aromatic carbocycles. The highest BCUT2D eigenvalue weighted by Gasteiger charge is 2.11. The van der Waals surface area contributed by atoms with Gasteiger partial charge in [-0.3, -0.25) is 0 Å². The van der Waals surface area contributed by atoms with Crippen molar-refractivity contribution < 1.29 is 18.3 Å². The van der Waals surface area contributed by atoms with Gasteiger partial charge in [0.05, 0.1) is 11.0 Å². The molecule has 0 bridgehead atoms. The van der Waals surface area contributed by atoms with E-state index in [1.54, 1.807) is 37.4 Å². The number of hydrogen-bond donors (Lipinski definition) is 1. The second kappa shape index (κ2) is 5.60. The molecule has 0 saturated heterocycles. The minimum atomic E-state index is -3.23. The molecule has 0 unspecified atom stereocenters. The molecule has 1 heterocycles. The Morgan fingerprint density at radius 3 is 2.40 bits per heavy atom. The summed E-state index contributed by atoms with van der Waals surface area (Å²) in [5.41, 5.74) is 0.569. The highest BCUT2D eigenvalue weighted by molar-refractivity contribution is 7.90. The number of rotatable bonds is 4. The molecule has 0 fully saturated rings. The van der Waals surface area contributed by atoms with Crippen LogP contribution in [-0.2, 0) is 9.84 Å². The van der Waals surface area contributed by atoms with Crippen LogP contribution in [0, 0.1) is 0 Å². The van der Waals surface area contributed by atoms with E-state index in [2.05, 4.69) is 4.98 Å². The van der Waals surface area contributed by atoms with Gasteiger partial charge in [0.15, 0.2) is 9.84 Å². The zero-order chi connectivity index (χ0) is 14.8. The van der Waals surface area contributed by atoms with Crippen LogP contribution in [0.5, 0.6) is 11.6 Å². The van der Waals surface area contributed by atoms with E-state index in [0.717, 1.165) is 6.26 Å². The van der Waals surface area contributed by atoms with Gasteiger partial charge < -0.3 is 9.84 Å². The Morgan fingerprint density at radius 1 is 1.20 bits per heavy atom. The number of hydrogen-bond acceptors (Lipinski definition) is 5. The van der Waals surface area contributed by atoms with Crippen molar-refractivity contribution in [2.24, 2.45) is 0 Å². The van der Waals surface area contributed by atoms with E-state index in [-0.39, 0.29) is 4.90 Å². The van der Waals surface area contributed by atoms with Gasteiger partial charge in [0, 0.05) is 18.0 Å². The molecule has 2 rings (SSSR count). The van der Waals surface area contributed by atoms with Gasteiger partial charge >= 0.3 is 0 Å². The molecule has 106 valence electrons. The number of aliphatic hydroxyl groups is 1. The second-order valence-electron chi connectivity index (χ2n) is 4.42. The van der Waals surface area contributed by atoms with Gasteiger partial charge in [0.25, 0.3) is 0 Å². The van der Waals surface area contributed by atoms with Crippen molar-refractivity contribution in [2.75, 3.05) is 6.26 Å². The third-order valence-electron chi connectivity index (χ3n) is 2.72. The van der Waals surface area contributed by atoms with E-state index in [1.807, 2.05) is 0 Å². The molecule has 0 aliphatic carbocycles. The molecule has 0 aliphatic rings. The summed E-state index contributed by atoms with van der Waals surface area (Å²) < 4.78 is 28.3. The molecule has 1 N–H and O–H groups in total. The first-order valence-corrected chi connectivity index (χ1v) is 7.88. The predicted octanol–water partition coefficient (Wildman–Crippen LogP) is 2.33. The Hall–Kier alpha value is -1.92. The molecule has 6 heteroatoms. The first-order valence-electron chi connectivity index (χ1n) is 5.99. The Kier molecular flexibility index (Phi) is 4.06. The maximum atomic E-state index is 11.4. The van der Waals surface area contributed by atoms with Crippen LogP contribution in [0.2, 0.25) is 0 Å². The highest BCUT2D eigenvalue weighted by atomic mass is 32.2. The fraction of sp³-hybridized carbons (Fsp3) is 0.214. The average molecular weight is 293 g/mol. The van der Waals surface area contributed by atoms with Crippen molar-refractivity contribution in [3.8, 4) is 11.6 Å². The standard InChI is InChI=1S/C14H15NO4S/c1-10(16)13-4-3-9-15-14(13)19-11-5-7-12(8-6-11)20(2,17)18/h3-10,16H,1-2H3/t10-/m1/s1. The van der Waals surface area contributed by atoms with Gasteiger partial charge in [0.2, 0.25) is 5.88 Å². The molecule has 5 nitrogen and oxygen atoms in total. The third-order valence-corrected chi connectivity index (χ3v) is 3.85. The zero-order valence-corrected chi connectivity index (χ0v) is 12.0. The van der Waals surface area contributed by atoms with Crippen molar-refractivity contribution >= 4 is 9.84 Å². The molecular formula is C14H15NO4S.